The molecule has 8 heteroatoms. The van der Waals surface area contributed by atoms with Crippen molar-refractivity contribution in [3.63, 3.8) is 0 Å². The fraction of sp³-hybridized carbons (Fsp3) is 0.125. The SMILES string of the molecule is COC(=O)c1cc(NCC(=O)Nc2ccc(F)c(F)c2)ccc1F. The van der Waals surface area contributed by atoms with Gasteiger partial charge in [-0.25, -0.2) is 18.0 Å². The molecule has 0 aromatic heterocycles. The van der Waals surface area contributed by atoms with Crippen LogP contribution in [0.5, 0.6) is 0 Å². The fourth-order valence-corrected chi connectivity index (χ4v) is 1.86. The number of hydrogen-bond donors (Lipinski definition) is 2. The first-order valence-electron chi connectivity index (χ1n) is 6.77. The highest BCUT2D eigenvalue weighted by molar-refractivity contribution is 5.94. The minimum atomic E-state index is -1.08. The summed E-state index contributed by atoms with van der Waals surface area (Å²) >= 11 is 0. The summed E-state index contributed by atoms with van der Waals surface area (Å²) in [5.74, 6) is -4.24. The molecule has 0 aliphatic carbocycles. The second-order valence-electron chi connectivity index (χ2n) is 4.72. The summed E-state index contributed by atoms with van der Waals surface area (Å²) in [5, 5.41) is 5.05. The average molecular weight is 338 g/mol. The lowest BCUT2D eigenvalue weighted by atomic mass is 10.2. The van der Waals surface area contributed by atoms with Gasteiger partial charge < -0.3 is 15.4 Å². The molecule has 0 unspecified atom stereocenters. The van der Waals surface area contributed by atoms with Crippen LogP contribution in [0.15, 0.2) is 36.4 Å². The van der Waals surface area contributed by atoms with Crippen LogP contribution in [0.1, 0.15) is 10.4 Å². The fourth-order valence-electron chi connectivity index (χ4n) is 1.86. The Labute approximate surface area is 135 Å². The summed E-state index contributed by atoms with van der Waals surface area (Å²) in [6.45, 7) is -0.231. The molecule has 1 amide bonds. The van der Waals surface area contributed by atoms with Crippen LogP contribution in [-0.2, 0) is 9.53 Å². The van der Waals surface area contributed by atoms with E-state index >= 15 is 0 Å². The summed E-state index contributed by atoms with van der Waals surface area (Å²) in [7, 11) is 1.12. The molecule has 126 valence electrons. The van der Waals surface area contributed by atoms with Crippen molar-refractivity contribution in [2.75, 3.05) is 24.3 Å². The third-order valence-corrected chi connectivity index (χ3v) is 3.03. The third kappa shape index (κ3) is 4.25. The van der Waals surface area contributed by atoms with Crippen LogP contribution < -0.4 is 10.6 Å². The topological polar surface area (TPSA) is 67.4 Å². The molecular formula is C16H13F3N2O3. The van der Waals surface area contributed by atoms with Crippen LogP contribution >= 0.6 is 0 Å². The Morgan fingerprint density at radius 1 is 0.958 bits per heavy atom. The highest BCUT2D eigenvalue weighted by atomic mass is 19.2. The zero-order chi connectivity index (χ0) is 17.7. The van der Waals surface area contributed by atoms with Crippen LogP contribution in [0.2, 0.25) is 0 Å². The Bertz CT molecular complexity index is 781. The lowest BCUT2D eigenvalue weighted by Crippen LogP contribution is -2.22. The van der Waals surface area contributed by atoms with Crippen molar-refractivity contribution in [3.8, 4) is 0 Å². The number of anilines is 2. The van der Waals surface area contributed by atoms with Crippen LogP contribution in [0.25, 0.3) is 0 Å². The van der Waals surface area contributed by atoms with Gasteiger partial charge in [0.1, 0.15) is 5.82 Å². The van der Waals surface area contributed by atoms with Gasteiger partial charge in [-0.1, -0.05) is 0 Å². The van der Waals surface area contributed by atoms with Gasteiger partial charge in [-0.15, -0.1) is 0 Å². The average Bonchev–Trinajstić information content (AvgIpc) is 2.56. The Balaban J connectivity index is 1.98. The highest BCUT2D eigenvalue weighted by Gasteiger charge is 2.13. The van der Waals surface area contributed by atoms with E-state index < -0.39 is 29.3 Å². The summed E-state index contributed by atoms with van der Waals surface area (Å²) in [5.41, 5.74) is 0.135. The van der Waals surface area contributed by atoms with Gasteiger partial charge >= 0.3 is 5.97 Å². The molecule has 0 aliphatic heterocycles. The number of benzene rings is 2. The van der Waals surface area contributed by atoms with Crippen molar-refractivity contribution in [1.29, 1.82) is 0 Å². The first-order valence-corrected chi connectivity index (χ1v) is 6.77. The minimum absolute atomic E-state index is 0.0926. The summed E-state index contributed by atoms with van der Waals surface area (Å²) in [6, 6.07) is 6.55. The summed E-state index contributed by atoms with van der Waals surface area (Å²) in [4.78, 5) is 23.2. The van der Waals surface area contributed by atoms with E-state index in [0.29, 0.717) is 5.69 Å². The monoisotopic (exact) mass is 338 g/mol. The molecule has 2 rings (SSSR count). The van der Waals surface area contributed by atoms with Crippen molar-refractivity contribution >= 4 is 23.3 Å². The normalized spacial score (nSPS) is 10.2. The Kier molecular flexibility index (Phi) is 5.41. The van der Waals surface area contributed by atoms with E-state index in [1.165, 1.54) is 18.2 Å². The number of ether oxygens (including phenoxy) is 1. The van der Waals surface area contributed by atoms with E-state index in [9.17, 15) is 22.8 Å². The second-order valence-corrected chi connectivity index (χ2v) is 4.72. The Morgan fingerprint density at radius 3 is 2.29 bits per heavy atom. The number of amides is 1. The highest BCUT2D eigenvalue weighted by Crippen LogP contribution is 2.16. The van der Waals surface area contributed by atoms with Gasteiger partial charge in [-0.05, 0) is 30.3 Å². The standard InChI is InChI=1S/C16H13F3N2O3/c1-24-16(23)11-6-9(2-4-12(11)17)20-8-15(22)21-10-3-5-13(18)14(19)7-10/h2-7,20H,8H2,1H3,(H,21,22). The first kappa shape index (κ1) is 17.3. The number of rotatable bonds is 5. The predicted octanol–water partition coefficient (Wildman–Crippen LogP) is 2.94. The molecule has 0 saturated carbocycles. The van der Waals surface area contributed by atoms with Crippen molar-refractivity contribution < 1.29 is 27.5 Å². The number of methoxy groups -OCH3 is 1. The maximum absolute atomic E-state index is 13.5. The van der Waals surface area contributed by atoms with Gasteiger partial charge in [0.05, 0.1) is 19.2 Å². The van der Waals surface area contributed by atoms with Gasteiger partial charge in [-0.3, -0.25) is 4.79 Å². The van der Waals surface area contributed by atoms with Crippen LogP contribution in [0, 0.1) is 17.5 Å². The van der Waals surface area contributed by atoms with Crippen molar-refractivity contribution in [2.24, 2.45) is 0 Å². The van der Waals surface area contributed by atoms with E-state index in [-0.39, 0.29) is 17.8 Å². The quantitative estimate of drug-likeness (QED) is 0.823. The van der Waals surface area contributed by atoms with Gasteiger partial charge in [-0.2, -0.15) is 0 Å². The van der Waals surface area contributed by atoms with Crippen molar-refractivity contribution in [1.82, 2.24) is 0 Å². The van der Waals surface area contributed by atoms with Gasteiger partial charge in [0.2, 0.25) is 5.91 Å². The zero-order valence-electron chi connectivity index (χ0n) is 12.5. The predicted molar refractivity (Wildman–Crippen MR) is 81.2 cm³/mol. The molecule has 5 nitrogen and oxygen atoms in total. The van der Waals surface area contributed by atoms with Gasteiger partial charge in [0, 0.05) is 17.4 Å². The van der Waals surface area contributed by atoms with E-state index in [0.717, 1.165) is 25.3 Å². The summed E-state index contributed by atoms with van der Waals surface area (Å²) in [6.07, 6.45) is 0. The largest absolute Gasteiger partial charge is 0.465 e. The Morgan fingerprint density at radius 2 is 1.62 bits per heavy atom. The molecule has 0 radical (unpaired) electrons. The van der Waals surface area contributed by atoms with Crippen molar-refractivity contribution in [2.45, 2.75) is 0 Å². The molecule has 0 saturated heterocycles. The van der Waals surface area contributed by atoms with Crippen molar-refractivity contribution in [3.05, 3.63) is 59.4 Å². The molecule has 24 heavy (non-hydrogen) atoms. The number of halogens is 3. The molecule has 0 bridgehead atoms. The molecule has 0 aliphatic rings. The van der Waals surface area contributed by atoms with E-state index in [1.807, 2.05) is 0 Å². The number of hydrogen-bond acceptors (Lipinski definition) is 4. The Hall–Kier alpha value is -3.03. The smallest absolute Gasteiger partial charge is 0.340 e. The third-order valence-electron chi connectivity index (χ3n) is 3.03. The molecular weight excluding hydrogens is 325 g/mol. The van der Waals surface area contributed by atoms with Gasteiger partial charge in [0.15, 0.2) is 11.6 Å². The molecule has 0 fully saturated rings. The number of carbonyl (C=O) groups is 2. The lowest BCUT2D eigenvalue weighted by molar-refractivity contribution is -0.114. The molecule has 0 spiro atoms. The van der Waals surface area contributed by atoms with Gasteiger partial charge in [0.25, 0.3) is 0 Å². The maximum Gasteiger partial charge on any atom is 0.340 e. The van der Waals surface area contributed by atoms with E-state index in [1.54, 1.807) is 0 Å². The number of carbonyl (C=O) groups excluding carboxylic acids is 2. The van der Waals surface area contributed by atoms with Crippen LogP contribution in [-0.4, -0.2) is 25.5 Å². The minimum Gasteiger partial charge on any atom is -0.465 e. The first-order chi connectivity index (χ1) is 11.4. The maximum atomic E-state index is 13.5. The molecule has 2 N–H and O–H groups in total. The number of esters is 1. The molecule has 0 heterocycles. The summed E-state index contributed by atoms with van der Waals surface area (Å²) < 4.78 is 43.8. The number of nitrogens with one attached hydrogen (secondary N) is 2. The van der Waals surface area contributed by atoms with E-state index in [4.69, 9.17) is 0 Å². The van der Waals surface area contributed by atoms with Crippen LogP contribution in [0.3, 0.4) is 0 Å². The molecule has 0 atom stereocenters. The molecule has 2 aromatic carbocycles. The lowest BCUT2D eigenvalue weighted by Gasteiger charge is -2.09. The second kappa shape index (κ2) is 7.49. The van der Waals surface area contributed by atoms with Crippen LogP contribution in [0.4, 0.5) is 24.5 Å². The molecule has 2 aromatic rings. The zero-order valence-corrected chi connectivity index (χ0v) is 12.5. The van der Waals surface area contributed by atoms with E-state index in [2.05, 4.69) is 15.4 Å².